The van der Waals surface area contributed by atoms with Crippen LogP contribution in [0, 0.1) is 11.8 Å². The fourth-order valence-electron chi connectivity index (χ4n) is 3.87. The van der Waals surface area contributed by atoms with Crippen LogP contribution in [0.15, 0.2) is 41.8 Å². The van der Waals surface area contributed by atoms with E-state index in [-0.39, 0.29) is 30.3 Å². The summed E-state index contributed by atoms with van der Waals surface area (Å²) in [5.41, 5.74) is 2.35. The summed E-state index contributed by atoms with van der Waals surface area (Å²) in [6.45, 7) is 9.40. The zero-order chi connectivity index (χ0) is 20.3. The molecule has 4 nitrogen and oxygen atoms in total. The Labute approximate surface area is 172 Å². The van der Waals surface area contributed by atoms with Crippen LogP contribution in [-0.2, 0) is 16.0 Å². The molecule has 0 saturated carbocycles. The molecule has 3 rings (SSSR count). The van der Waals surface area contributed by atoms with Gasteiger partial charge in [0.15, 0.2) is 0 Å². The molecule has 5 heteroatoms. The molecule has 1 aliphatic rings. The first-order chi connectivity index (χ1) is 13.4. The fraction of sp³-hybridized carbons (Fsp3) is 0.478. The molecular formula is C23H30N2O2S. The molecule has 1 aromatic carbocycles. The molecule has 28 heavy (non-hydrogen) atoms. The molecule has 0 fully saturated rings. The molecule has 0 aliphatic carbocycles. The maximum atomic E-state index is 13.4. The maximum absolute atomic E-state index is 13.4. The zero-order valence-electron chi connectivity index (χ0n) is 17.2. The minimum atomic E-state index is -0.110. The Morgan fingerprint density at radius 1 is 1.14 bits per heavy atom. The minimum absolute atomic E-state index is 0.0281. The molecule has 2 amide bonds. The third kappa shape index (κ3) is 4.46. The molecule has 0 spiro atoms. The fourth-order valence-corrected chi connectivity index (χ4v) is 4.78. The molecule has 1 unspecified atom stereocenters. The number of thiophene rings is 1. The van der Waals surface area contributed by atoms with Crippen molar-refractivity contribution in [2.24, 2.45) is 11.8 Å². The van der Waals surface area contributed by atoms with Gasteiger partial charge in [-0.05, 0) is 34.9 Å². The van der Waals surface area contributed by atoms with Crippen molar-refractivity contribution in [2.45, 2.75) is 40.2 Å². The number of benzene rings is 1. The van der Waals surface area contributed by atoms with Gasteiger partial charge in [-0.3, -0.25) is 9.59 Å². The molecule has 150 valence electrons. The SMILES string of the molecule is CC(C)CN(CC(=O)N1CCc2sccc2C1c1ccccc1)C(=O)C(C)C. The van der Waals surface area contributed by atoms with Crippen LogP contribution in [0.4, 0.5) is 0 Å². The smallest absolute Gasteiger partial charge is 0.242 e. The molecule has 1 atom stereocenters. The predicted octanol–water partition coefficient (Wildman–Crippen LogP) is 4.36. The third-order valence-corrected chi connectivity index (χ3v) is 6.12. The van der Waals surface area contributed by atoms with Crippen LogP contribution in [-0.4, -0.2) is 41.2 Å². The van der Waals surface area contributed by atoms with E-state index in [2.05, 4.69) is 37.4 Å². The molecule has 0 bridgehead atoms. The van der Waals surface area contributed by atoms with Gasteiger partial charge >= 0.3 is 0 Å². The Balaban J connectivity index is 1.87. The summed E-state index contributed by atoms with van der Waals surface area (Å²) in [5.74, 6) is 0.290. The first-order valence-corrected chi connectivity index (χ1v) is 11.0. The van der Waals surface area contributed by atoms with Crippen molar-refractivity contribution in [3.05, 3.63) is 57.8 Å². The highest BCUT2D eigenvalue weighted by molar-refractivity contribution is 7.10. The Morgan fingerprint density at radius 3 is 2.50 bits per heavy atom. The minimum Gasteiger partial charge on any atom is -0.333 e. The molecule has 2 heterocycles. The lowest BCUT2D eigenvalue weighted by molar-refractivity contribution is -0.143. The lowest BCUT2D eigenvalue weighted by Crippen LogP contribution is -2.48. The van der Waals surface area contributed by atoms with Crippen LogP contribution in [0.2, 0.25) is 0 Å². The second kappa shape index (κ2) is 8.91. The van der Waals surface area contributed by atoms with Crippen molar-refractivity contribution in [3.8, 4) is 0 Å². The summed E-state index contributed by atoms with van der Waals surface area (Å²) < 4.78 is 0. The lowest BCUT2D eigenvalue weighted by atomic mass is 9.93. The van der Waals surface area contributed by atoms with E-state index in [1.807, 2.05) is 36.9 Å². The van der Waals surface area contributed by atoms with Gasteiger partial charge in [-0.2, -0.15) is 0 Å². The molecular weight excluding hydrogens is 368 g/mol. The second-order valence-electron chi connectivity index (χ2n) is 8.22. The number of carbonyl (C=O) groups is 2. The van der Waals surface area contributed by atoms with Gasteiger partial charge in [-0.15, -0.1) is 11.3 Å². The van der Waals surface area contributed by atoms with Crippen molar-refractivity contribution in [3.63, 3.8) is 0 Å². The van der Waals surface area contributed by atoms with Crippen LogP contribution in [0.5, 0.6) is 0 Å². The average molecular weight is 399 g/mol. The molecule has 1 aromatic heterocycles. The van der Waals surface area contributed by atoms with Gasteiger partial charge in [0, 0.05) is 23.9 Å². The molecule has 0 saturated heterocycles. The van der Waals surface area contributed by atoms with Gasteiger partial charge in [0.05, 0.1) is 12.6 Å². The molecule has 2 aromatic rings. The van der Waals surface area contributed by atoms with Crippen molar-refractivity contribution in [1.29, 1.82) is 0 Å². The van der Waals surface area contributed by atoms with Crippen molar-refractivity contribution < 1.29 is 9.59 Å². The summed E-state index contributed by atoms with van der Waals surface area (Å²) >= 11 is 1.77. The van der Waals surface area contributed by atoms with Crippen LogP contribution in [0.3, 0.4) is 0 Å². The van der Waals surface area contributed by atoms with Crippen molar-refractivity contribution in [2.75, 3.05) is 19.6 Å². The van der Waals surface area contributed by atoms with Crippen molar-refractivity contribution >= 4 is 23.2 Å². The first kappa shape index (κ1) is 20.6. The summed E-state index contributed by atoms with van der Waals surface area (Å²) in [4.78, 5) is 31.1. The average Bonchev–Trinajstić information content (AvgIpc) is 3.15. The molecule has 0 radical (unpaired) electrons. The summed E-state index contributed by atoms with van der Waals surface area (Å²) in [7, 11) is 0. The van der Waals surface area contributed by atoms with Gasteiger partial charge in [-0.25, -0.2) is 0 Å². The number of hydrogen-bond donors (Lipinski definition) is 0. The predicted molar refractivity (Wildman–Crippen MR) is 114 cm³/mol. The van der Waals surface area contributed by atoms with Crippen LogP contribution in [0.1, 0.15) is 49.7 Å². The first-order valence-electron chi connectivity index (χ1n) is 10.1. The highest BCUT2D eigenvalue weighted by Gasteiger charge is 2.34. The number of amides is 2. The number of hydrogen-bond acceptors (Lipinski definition) is 3. The highest BCUT2D eigenvalue weighted by atomic mass is 32.1. The van der Waals surface area contributed by atoms with Gasteiger partial charge in [0.1, 0.15) is 0 Å². The standard InChI is InChI=1S/C23H30N2O2S/c1-16(2)14-24(23(27)17(3)4)15-21(26)25-12-10-20-19(11-13-28-20)22(25)18-8-6-5-7-9-18/h5-9,11,13,16-17,22H,10,12,14-15H2,1-4H3. The Morgan fingerprint density at radius 2 is 1.86 bits per heavy atom. The third-order valence-electron chi connectivity index (χ3n) is 5.12. The lowest BCUT2D eigenvalue weighted by Gasteiger charge is -2.38. The van der Waals surface area contributed by atoms with E-state index in [1.54, 1.807) is 16.2 Å². The Bertz CT molecular complexity index is 813. The van der Waals surface area contributed by atoms with E-state index in [9.17, 15) is 9.59 Å². The van der Waals surface area contributed by atoms with Crippen LogP contribution < -0.4 is 0 Å². The topological polar surface area (TPSA) is 40.6 Å². The van der Waals surface area contributed by atoms with Crippen molar-refractivity contribution in [1.82, 2.24) is 9.80 Å². The van der Waals surface area contributed by atoms with Gasteiger partial charge in [-0.1, -0.05) is 58.0 Å². The Hall–Kier alpha value is -2.14. The maximum Gasteiger partial charge on any atom is 0.242 e. The number of rotatable bonds is 6. The second-order valence-corrected chi connectivity index (χ2v) is 9.22. The normalized spacial score (nSPS) is 16.4. The van der Waals surface area contributed by atoms with E-state index in [1.165, 1.54) is 10.4 Å². The van der Waals surface area contributed by atoms with E-state index in [4.69, 9.17) is 0 Å². The van der Waals surface area contributed by atoms with E-state index in [0.29, 0.717) is 19.0 Å². The van der Waals surface area contributed by atoms with Gasteiger partial charge < -0.3 is 9.80 Å². The summed E-state index contributed by atoms with van der Waals surface area (Å²) in [6.07, 6.45) is 0.879. The summed E-state index contributed by atoms with van der Waals surface area (Å²) in [5, 5.41) is 2.11. The Kier molecular flexibility index (Phi) is 6.55. The molecule has 0 N–H and O–H groups in total. The number of carbonyl (C=O) groups excluding carboxylic acids is 2. The number of fused-ring (bicyclic) bond motifs is 1. The van der Waals surface area contributed by atoms with Crippen LogP contribution >= 0.6 is 11.3 Å². The number of nitrogens with zero attached hydrogens (tertiary/aromatic N) is 2. The van der Waals surface area contributed by atoms with Gasteiger partial charge in [0.25, 0.3) is 0 Å². The summed E-state index contributed by atoms with van der Waals surface area (Å²) in [6, 6.07) is 12.3. The van der Waals surface area contributed by atoms with E-state index >= 15 is 0 Å². The quantitative estimate of drug-likeness (QED) is 0.725. The monoisotopic (exact) mass is 398 g/mol. The zero-order valence-corrected chi connectivity index (χ0v) is 18.0. The van der Waals surface area contributed by atoms with E-state index in [0.717, 1.165) is 12.0 Å². The molecule has 1 aliphatic heterocycles. The van der Waals surface area contributed by atoms with E-state index < -0.39 is 0 Å². The van der Waals surface area contributed by atoms with Crippen LogP contribution in [0.25, 0.3) is 0 Å². The van der Waals surface area contributed by atoms with Gasteiger partial charge in [0.2, 0.25) is 11.8 Å². The largest absolute Gasteiger partial charge is 0.333 e. The highest BCUT2D eigenvalue weighted by Crippen LogP contribution is 2.37.